The topological polar surface area (TPSA) is 30.2 Å². The number of furan rings is 1. The summed E-state index contributed by atoms with van der Waals surface area (Å²) in [5.41, 5.74) is 2.42. The zero-order valence-electron chi connectivity index (χ0n) is 10.3. The molecule has 0 aliphatic heterocycles. The fourth-order valence-corrected chi connectivity index (χ4v) is 2.56. The third-order valence-electron chi connectivity index (χ3n) is 3.08. The number of ketones is 1. The van der Waals surface area contributed by atoms with Crippen molar-refractivity contribution >= 4 is 32.7 Å². The first-order valence-electron chi connectivity index (χ1n) is 5.95. The van der Waals surface area contributed by atoms with Gasteiger partial charge in [0.2, 0.25) is 5.78 Å². The molecule has 0 unspecified atom stereocenters. The maximum absolute atomic E-state index is 12.4. The highest BCUT2D eigenvalue weighted by Gasteiger charge is 2.17. The number of para-hydroxylation sites is 1. The fourth-order valence-electron chi connectivity index (χ4n) is 2.10. The molecule has 2 aromatic carbocycles. The summed E-state index contributed by atoms with van der Waals surface area (Å²) in [6.45, 7) is 1.97. The number of carbonyl (C=O) groups excluding carboxylic acids is 1. The third kappa shape index (κ3) is 2.10. The summed E-state index contributed by atoms with van der Waals surface area (Å²) in [5, 5.41) is 0.954. The van der Waals surface area contributed by atoms with Crippen LogP contribution in [-0.2, 0) is 0 Å². The second kappa shape index (κ2) is 4.67. The van der Waals surface area contributed by atoms with Gasteiger partial charge in [0.1, 0.15) is 5.58 Å². The monoisotopic (exact) mass is 314 g/mol. The summed E-state index contributed by atoms with van der Waals surface area (Å²) in [6.07, 6.45) is 0. The SMILES string of the molecule is Cc1cccc2cc(C(=O)c3ccccc3Br)oc12. The molecule has 0 fully saturated rings. The molecule has 0 aliphatic rings. The molecule has 3 heteroatoms. The van der Waals surface area contributed by atoms with Gasteiger partial charge in [-0.25, -0.2) is 0 Å². The minimum absolute atomic E-state index is 0.108. The van der Waals surface area contributed by atoms with Gasteiger partial charge in [-0.3, -0.25) is 4.79 Å². The lowest BCUT2D eigenvalue weighted by Gasteiger charge is -2.00. The largest absolute Gasteiger partial charge is 0.452 e. The van der Waals surface area contributed by atoms with Gasteiger partial charge in [-0.15, -0.1) is 0 Å². The molecule has 0 bridgehead atoms. The predicted octanol–water partition coefficient (Wildman–Crippen LogP) is 4.73. The summed E-state index contributed by atoms with van der Waals surface area (Å²) in [6, 6.07) is 15.0. The van der Waals surface area contributed by atoms with Crippen LogP contribution in [0.25, 0.3) is 11.0 Å². The van der Waals surface area contributed by atoms with E-state index >= 15 is 0 Å². The lowest BCUT2D eigenvalue weighted by molar-refractivity contribution is 0.101. The Bertz CT molecular complexity index is 771. The lowest BCUT2D eigenvalue weighted by Crippen LogP contribution is -2.00. The van der Waals surface area contributed by atoms with Gasteiger partial charge in [-0.1, -0.05) is 46.3 Å². The van der Waals surface area contributed by atoms with Gasteiger partial charge >= 0.3 is 0 Å². The number of hydrogen-bond acceptors (Lipinski definition) is 2. The Hall–Kier alpha value is -1.87. The average molecular weight is 315 g/mol. The zero-order chi connectivity index (χ0) is 13.4. The van der Waals surface area contributed by atoms with Crippen molar-refractivity contribution in [2.45, 2.75) is 6.92 Å². The van der Waals surface area contributed by atoms with Crippen molar-refractivity contribution in [3.8, 4) is 0 Å². The summed E-state index contributed by atoms with van der Waals surface area (Å²) in [7, 11) is 0. The van der Waals surface area contributed by atoms with Crippen LogP contribution in [0.1, 0.15) is 21.7 Å². The van der Waals surface area contributed by atoms with Crippen LogP contribution >= 0.6 is 15.9 Å². The van der Waals surface area contributed by atoms with Crippen molar-refractivity contribution in [2.75, 3.05) is 0 Å². The Labute approximate surface area is 119 Å². The Morgan fingerprint density at radius 2 is 1.89 bits per heavy atom. The van der Waals surface area contributed by atoms with Gasteiger partial charge < -0.3 is 4.42 Å². The number of halogens is 1. The first kappa shape index (κ1) is 12.2. The molecule has 0 N–H and O–H groups in total. The number of rotatable bonds is 2. The Balaban J connectivity index is 2.12. The smallest absolute Gasteiger partial charge is 0.229 e. The predicted molar refractivity (Wildman–Crippen MR) is 78.5 cm³/mol. The summed E-state index contributed by atoms with van der Waals surface area (Å²) in [5.74, 6) is 0.263. The molecule has 1 aromatic heterocycles. The number of carbonyl (C=O) groups is 1. The first-order chi connectivity index (χ1) is 9.16. The van der Waals surface area contributed by atoms with Crippen LogP contribution in [0, 0.1) is 6.92 Å². The molecule has 3 aromatic rings. The van der Waals surface area contributed by atoms with Gasteiger partial charge in [0.05, 0.1) is 0 Å². The normalized spacial score (nSPS) is 10.8. The molecule has 2 nitrogen and oxygen atoms in total. The van der Waals surface area contributed by atoms with Gasteiger partial charge in [-0.05, 0) is 30.7 Å². The molecule has 0 saturated carbocycles. The van der Waals surface area contributed by atoms with Crippen LogP contribution in [0.2, 0.25) is 0 Å². The molecule has 0 radical (unpaired) electrons. The van der Waals surface area contributed by atoms with Crippen molar-refractivity contribution in [1.29, 1.82) is 0 Å². The van der Waals surface area contributed by atoms with E-state index in [4.69, 9.17) is 4.42 Å². The summed E-state index contributed by atoms with van der Waals surface area (Å²) < 4.78 is 6.47. The molecular weight excluding hydrogens is 304 g/mol. The highest BCUT2D eigenvalue weighted by Crippen LogP contribution is 2.26. The van der Waals surface area contributed by atoms with Crippen LogP contribution in [0.4, 0.5) is 0 Å². The minimum atomic E-state index is -0.108. The van der Waals surface area contributed by atoms with Crippen molar-refractivity contribution in [2.24, 2.45) is 0 Å². The molecular formula is C16H11BrO2. The molecule has 1 heterocycles. The maximum atomic E-state index is 12.4. The van der Waals surface area contributed by atoms with E-state index in [-0.39, 0.29) is 5.78 Å². The number of benzene rings is 2. The zero-order valence-corrected chi connectivity index (χ0v) is 11.9. The van der Waals surface area contributed by atoms with Crippen LogP contribution in [0.15, 0.2) is 57.4 Å². The fraction of sp³-hybridized carbons (Fsp3) is 0.0625. The van der Waals surface area contributed by atoms with E-state index in [1.54, 1.807) is 12.1 Å². The second-order valence-corrected chi connectivity index (χ2v) is 5.27. The summed E-state index contributed by atoms with van der Waals surface area (Å²) >= 11 is 3.39. The van der Waals surface area contributed by atoms with Gasteiger partial charge in [0, 0.05) is 15.4 Å². The summed E-state index contributed by atoms with van der Waals surface area (Å²) in [4.78, 5) is 12.4. The van der Waals surface area contributed by atoms with Gasteiger partial charge in [0.15, 0.2) is 5.76 Å². The first-order valence-corrected chi connectivity index (χ1v) is 6.74. The van der Waals surface area contributed by atoms with Crippen molar-refractivity contribution in [1.82, 2.24) is 0 Å². The highest BCUT2D eigenvalue weighted by atomic mass is 79.9. The second-order valence-electron chi connectivity index (χ2n) is 4.41. The van der Waals surface area contributed by atoms with E-state index in [1.807, 2.05) is 43.3 Å². The van der Waals surface area contributed by atoms with Crippen LogP contribution in [0.5, 0.6) is 0 Å². The van der Waals surface area contributed by atoms with Crippen LogP contribution in [-0.4, -0.2) is 5.78 Å². The quantitative estimate of drug-likeness (QED) is 0.640. The number of fused-ring (bicyclic) bond motifs is 1. The average Bonchev–Trinajstić information content (AvgIpc) is 2.84. The number of aryl methyl sites for hydroxylation is 1. The Morgan fingerprint density at radius 3 is 2.63 bits per heavy atom. The van der Waals surface area contributed by atoms with E-state index in [9.17, 15) is 4.79 Å². The third-order valence-corrected chi connectivity index (χ3v) is 3.77. The van der Waals surface area contributed by atoms with Crippen molar-refractivity contribution in [3.63, 3.8) is 0 Å². The van der Waals surface area contributed by atoms with E-state index in [0.29, 0.717) is 11.3 Å². The molecule has 19 heavy (non-hydrogen) atoms. The van der Waals surface area contributed by atoms with Gasteiger partial charge in [0.25, 0.3) is 0 Å². The van der Waals surface area contributed by atoms with Crippen LogP contribution in [0.3, 0.4) is 0 Å². The van der Waals surface area contributed by atoms with Gasteiger partial charge in [-0.2, -0.15) is 0 Å². The van der Waals surface area contributed by atoms with Crippen LogP contribution < -0.4 is 0 Å². The van der Waals surface area contributed by atoms with E-state index in [0.717, 1.165) is 21.0 Å². The molecule has 0 amide bonds. The standard InChI is InChI=1S/C16H11BrO2/c1-10-5-4-6-11-9-14(19-16(10)11)15(18)12-7-2-3-8-13(12)17/h2-9H,1H3. The Kier molecular flexibility index (Phi) is 2.99. The number of hydrogen-bond donors (Lipinski definition) is 0. The molecule has 0 spiro atoms. The molecule has 0 saturated heterocycles. The van der Waals surface area contributed by atoms with E-state index < -0.39 is 0 Å². The van der Waals surface area contributed by atoms with Crippen molar-refractivity contribution in [3.05, 3.63) is 69.9 Å². The highest BCUT2D eigenvalue weighted by molar-refractivity contribution is 9.10. The maximum Gasteiger partial charge on any atom is 0.229 e. The molecule has 0 aliphatic carbocycles. The van der Waals surface area contributed by atoms with E-state index in [2.05, 4.69) is 15.9 Å². The molecule has 0 atom stereocenters. The molecule has 94 valence electrons. The minimum Gasteiger partial charge on any atom is -0.452 e. The lowest BCUT2D eigenvalue weighted by atomic mass is 10.1. The van der Waals surface area contributed by atoms with E-state index in [1.165, 1.54) is 0 Å². The Morgan fingerprint density at radius 1 is 1.11 bits per heavy atom. The molecule has 3 rings (SSSR count). The van der Waals surface area contributed by atoms with Crippen molar-refractivity contribution < 1.29 is 9.21 Å².